The van der Waals surface area contributed by atoms with Crippen molar-refractivity contribution >= 4 is 5.78 Å². The van der Waals surface area contributed by atoms with E-state index in [-0.39, 0.29) is 12.5 Å². The number of aliphatic hydroxyl groups is 1. The van der Waals surface area contributed by atoms with E-state index in [0.717, 1.165) is 32.1 Å². The summed E-state index contributed by atoms with van der Waals surface area (Å²) in [5.74, 6) is 1.45. The molecule has 2 heteroatoms. The van der Waals surface area contributed by atoms with Crippen molar-refractivity contribution in [2.75, 3.05) is 6.61 Å². The third-order valence-electron chi connectivity index (χ3n) is 3.96. The fourth-order valence-corrected chi connectivity index (χ4v) is 2.59. The summed E-state index contributed by atoms with van der Waals surface area (Å²) in [6.07, 6.45) is 7.23. The average molecular weight is 238 g/mol. The van der Waals surface area contributed by atoms with Crippen molar-refractivity contribution < 1.29 is 9.90 Å². The van der Waals surface area contributed by atoms with Gasteiger partial charge in [0.25, 0.3) is 0 Å². The predicted molar refractivity (Wildman–Crippen MR) is 70.8 cm³/mol. The van der Waals surface area contributed by atoms with Crippen LogP contribution in [-0.4, -0.2) is 17.5 Å². The van der Waals surface area contributed by atoms with Gasteiger partial charge in [-0.25, -0.2) is 0 Å². The lowest BCUT2D eigenvalue weighted by Gasteiger charge is -2.25. The lowest BCUT2D eigenvalue weighted by molar-refractivity contribution is -0.120. The van der Waals surface area contributed by atoms with Crippen LogP contribution in [0.5, 0.6) is 0 Å². The monoisotopic (exact) mass is 238 g/mol. The van der Waals surface area contributed by atoms with Gasteiger partial charge in [0, 0.05) is 12.5 Å². The van der Waals surface area contributed by atoms with Crippen molar-refractivity contribution in [1.82, 2.24) is 0 Å². The molecule has 1 aliphatic rings. The Balaban J connectivity index is 2.33. The van der Waals surface area contributed by atoms with Gasteiger partial charge < -0.3 is 5.11 Å². The number of ketones is 1. The normalized spacial score (nSPS) is 24.4. The number of aliphatic hydroxyl groups excluding tert-OH is 1. The standard InChI is InChI=1S/C15H26O2/c1-11-7-8-14(15(17)9-11)13(3)6-4-5-12(2)10-16/h9,12-14,16H,4-8,10H2,1-3H3/t12?,13-,14+/m1/s1. The molecule has 0 aliphatic heterocycles. The fraction of sp³-hybridized carbons (Fsp3) is 0.800. The largest absolute Gasteiger partial charge is 0.396 e. The van der Waals surface area contributed by atoms with Gasteiger partial charge in [0.1, 0.15) is 0 Å². The van der Waals surface area contributed by atoms with Crippen molar-refractivity contribution in [3.63, 3.8) is 0 Å². The van der Waals surface area contributed by atoms with E-state index in [4.69, 9.17) is 5.11 Å². The lowest BCUT2D eigenvalue weighted by atomic mass is 9.78. The molecule has 0 radical (unpaired) electrons. The number of carbonyl (C=O) groups excluding carboxylic acids is 1. The molecule has 1 aliphatic carbocycles. The molecule has 2 nitrogen and oxygen atoms in total. The molecule has 0 amide bonds. The van der Waals surface area contributed by atoms with Gasteiger partial charge in [0.15, 0.2) is 5.78 Å². The first-order valence-electron chi connectivity index (χ1n) is 6.86. The zero-order chi connectivity index (χ0) is 12.8. The van der Waals surface area contributed by atoms with Crippen LogP contribution in [0.15, 0.2) is 11.6 Å². The topological polar surface area (TPSA) is 37.3 Å². The molecule has 98 valence electrons. The summed E-state index contributed by atoms with van der Waals surface area (Å²) in [4.78, 5) is 11.9. The Morgan fingerprint density at radius 1 is 1.41 bits per heavy atom. The summed E-state index contributed by atoms with van der Waals surface area (Å²) in [5, 5.41) is 8.96. The minimum atomic E-state index is 0.239. The molecule has 0 aromatic rings. The maximum atomic E-state index is 11.9. The van der Waals surface area contributed by atoms with E-state index in [2.05, 4.69) is 13.8 Å². The predicted octanol–water partition coefficient (Wildman–Crippen LogP) is 3.35. The Kier molecular flexibility index (Phi) is 5.90. The third-order valence-corrected chi connectivity index (χ3v) is 3.96. The van der Waals surface area contributed by atoms with Crippen LogP contribution in [0.4, 0.5) is 0 Å². The Labute approximate surface area is 105 Å². The fourth-order valence-electron chi connectivity index (χ4n) is 2.59. The summed E-state index contributed by atoms with van der Waals surface area (Å²) in [6, 6.07) is 0. The number of rotatable bonds is 6. The molecule has 0 heterocycles. The Bertz CT molecular complexity index is 281. The van der Waals surface area contributed by atoms with Crippen LogP contribution in [0.3, 0.4) is 0 Å². The van der Waals surface area contributed by atoms with Crippen molar-refractivity contribution in [3.05, 3.63) is 11.6 Å². The van der Waals surface area contributed by atoms with Crippen LogP contribution in [0.25, 0.3) is 0 Å². The second-order valence-electron chi connectivity index (χ2n) is 5.73. The van der Waals surface area contributed by atoms with Gasteiger partial charge in [0.2, 0.25) is 0 Å². The number of carbonyl (C=O) groups is 1. The van der Waals surface area contributed by atoms with Crippen LogP contribution < -0.4 is 0 Å². The van der Waals surface area contributed by atoms with Crippen molar-refractivity contribution in [2.24, 2.45) is 17.8 Å². The SMILES string of the molecule is CC1=CC(=O)[C@H]([C@H](C)CCCC(C)CO)CC1. The lowest BCUT2D eigenvalue weighted by Crippen LogP contribution is -2.24. The minimum Gasteiger partial charge on any atom is -0.396 e. The Morgan fingerprint density at radius 2 is 2.12 bits per heavy atom. The number of allylic oxidation sites excluding steroid dienone is 2. The van der Waals surface area contributed by atoms with Crippen LogP contribution in [0.2, 0.25) is 0 Å². The minimum absolute atomic E-state index is 0.239. The Morgan fingerprint density at radius 3 is 2.71 bits per heavy atom. The van der Waals surface area contributed by atoms with E-state index in [1.165, 1.54) is 5.57 Å². The summed E-state index contributed by atoms with van der Waals surface area (Å²) in [6.45, 7) is 6.59. The van der Waals surface area contributed by atoms with Crippen LogP contribution in [0, 0.1) is 17.8 Å². The highest BCUT2D eigenvalue weighted by atomic mass is 16.3. The first-order chi connectivity index (χ1) is 8.04. The van der Waals surface area contributed by atoms with Crippen molar-refractivity contribution in [2.45, 2.75) is 52.9 Å². The third kappa shape index (κ3) is 4.63. The first-order valence-corrected chi connectivity index (χ1v) is 6.86. The number of hydrogen-bond donors (Lipinski definition) is 1. The van der Waals surface area contributed by atoms with E-state index >= 15 is 0 Å². The maximum Gasteiger partial charge on any atom is 0.158 e. The quantitative estimate of drug-likeness (QED) is 0.770. The van der Waals surface area contributed by atoms with Gasteiger partial charge in [-0.05, 0) is 50.5 Å². The molecule has 0 spiro atoms. The van der Waals surface area contributed by atoms with Crippen LogP contribution in [0.1, 0.15) is 52.9 Å². The molecule has 0 aromatic heterocycles. The van der Waals surface area contributed by atoms with Gasteiger partial charge in [-0.3, -0.25) is 4.79 Å². The van der Waals surface area contributed by atoms with Crippen LogP contribution in [-0.2, 0) is 4.79 Å². The van der Waals surface area contributed by atoms with Crippen molar-refractivity contribution in [1.29, 1.82) is 0 Å². The molecule has 0 aromatic carbocycles. The molecular weight excluding hydrogens is 212 g/mol. The van der Waals surface area contributed by atoms with E-state index in [1.54, 1.807) is 0 Å². The molecule has 0 saturated carbocycles. The van der Waals surface area contributed by atoms with Gasteiger partial charge in [-0.1, -0.05) is 25.8 Å². The van der Waals surface area contributed by atoms with E-state index < -0.39 is 0 Å². The molecule has 17 heavy (non-hydrogen) atoms. The maximum absolute atomic E-state index is 11.9. The molecule has 0 saturated heterocycles. The van der Waals surface area contributed by atoms with Gasteiger partial charge in [0.05, 0.1) is 0 Å². The van der Waals surface area contributed by atoms with E-state index in [1.807, 2.05) is 13.0 Å². The molecule has 3 atom stereocenters. The molecular formula is C15H26O2. The molecule has 1 rings (SSSR count). The van der Waals surface area contributed by atoms with Gasteiger partial charge >= 0.3 is 0 Å². The average Bonchev–Trinajstić information content (AvgIpc) is 2.28. The highest BCUT2D eigenvalue weighted by molar-refractivity contribution is 5.93. The zero-order valence-electron chi connectivity index (χ0n) is 11.4. The highest BCUT2D eigenvalue weighted by Gasteiger charge is 2.26. The zero-order valence-corrected chi connectivity index (χ0v) is 11.4. The first kappa shape index (κ1) is 14.4. The molecule has 1 N–H and O–H groups in total. The van der Waals surface area contributed by atoms with Crippen molar-refractivity contribution in [3.8, 4) is 0 Å². The second-order valence-corrected chi connectivity index (χ2v) is 5.73. The second kappa shape index (κ2) is 6.95. The van der Waals surface area contributed by atoms with E-state index in [0.29, 0.717) is 17.6 Å². The smallest absolute Gasteiger partial charge is 0.158 e. The molecule has 0 bridgehead atoms. The number of hydrogen-bond acceptors (Lipinski definition) is 2. The highest BCUT2D eigenvalue weighted by Crippen LogP contribution is 2.29. The van der Waals surface area contributed by atoms with Gasteiger partial charge in [-0.15, -0.1) is 0 Å². The molecule has 0 fully saturated rings. The Hall–Kier alpha value is -0.630. The summed E-state index contributed by atoms with van der Waals surface area (Å²) in [5.41, 5.74) is 1.23. The summed E-state index contributed by atoms with van der Waals surface area (Å²) >= 11 is 0. The van der Waals surface area contributed by atoms with Crippen LogP contribution >= 0.6 is 0 Å². The van der Waals surface area contributed by atoms with E-state index in [9.17, 15) is 4.79 Å². The summed E-state index contributed by atoms with van der Waals surface area (Å²) in [7, 11) is 0. The summed E-state index contributed by atoms with van der Waals surface area (Å²) < 4.78 is 0. The van der Waals surface area contributed by atoms with Gasteiger partial charge in [-0.2, -0.15) is 0 Å². The molecule has 1 unspecified atom stereocenters.